The van der Waals surface area contributed by atoms with Crippen molar-refractivity contribution in [3.63, 3.8) is 0 Å². The van der Waals surface area contributed by atoms with Gasteiger partial charge in [0, 0.05) is 6.54 Å². The van der Waals surface area contributed by atoms with E-state index in [0.29, 0.717) is 12.0 Å². The van der Waals surface area contributed by atoms with Crippen LogP contribution in [0.1, 0.15) is 37.8 Å². The highest BCUT2D eigenvalue weighted by Gasteiger charge is 2.32. The second kappa shape index (κ2) is 5.52. The predicted molar refractivity (Wildman–Crippen MR) is 69.6 cm³/mol. The topological polar surface area (TPSA) is 38.5 Å². The van der Waals surface area contributed by atoms with Gasteiger partial charge in [-0.25, -0.2) is 5.01 Å². The van der Waals surface area contributed by atoms with Gasteiger partial charge in [-0.3, -0.25) is 5.84 Å². The molecule has 0 spiro atoms. The van der Waals surface area contributed by atoms with Crippen molar-refractivity contribution in [3.8, 4) is 5.75 Å². The third kappa shape index (κ3) is 2.61. The summed E-state index contributed by atoms with van der Waals surface area (Å²) < 4.78 is 5.29. The number of ether oxygens (including phenoxy) is 1. The van der Waals surface area contributed by atoms with E-state index in [1.165, 1.54) is 24.8 Å². The van der Waals surface area contributed by atoms with E-state index in [4.69, 9.17) is 10.6 Å². The van der Waals surface area contributed by atoms with Crippen molar-refractivity contribution < 1.29 is 4.74 Å². The highest BCUT2D eigenvalue weighted by molar-refractivity contribution is 5.31. The monoisotopic (exact) mass is 234 g/mol. The Labute approximate surface area is 104 Å². The van der Waals surface area contributed by atoms with Crippen molar-refractivity contribution >= 4 is 0 Å². The summed E-state index contributed by atoms with van der Waals surface area (Å²) in [6.45, 7) is 3.23. The van der Waals surface area contributed by atoms with Gasteiger partial charge in [-0.2, -0.15) is 0 Å². The second-order valence-electron chi connectivity index (χ2n) is 4.80. The summed E-state index contributed by atoms with van der Waals surface area (Å²) in [5.41, 5.74) is 1.28. The molecule has 1 fully saturated rings. The minimum Gasteiger partial charge on any atom is -0.497 e. The van der Waals surface area contributed by atoms with Crippen LogP contribution in [0, 0.1) is 5.92 Å². The van der Waals surface area contributed by atoms with Crippen LogP contribution in [-0.2, 0) is 0 Å². The Morgan fingerprint density at radius 3 is 3.00 bits per heavy atom. The Balaban J connectivity index is 2.22. The molecule has 3 heteroatoms. The lowest BCUT2D eigenvalue weighted by atomic mass is 9.90. The highest BCUT2D eigenvalue weighted by Crippen LogP contribution is 2.38. The third-order valence-electron chi connectivity index (χ3n) is 3.66. The molecule has 0 aromatic heterocycles. The van der Waals surface area contributed by atoms with E-state index in [9.17, 15) is 0 Å². The molecule has 0 saturated carbocycles. The molecule has 0 radical (unpaired) electrons. The van der Waals surface area contributed by atoms with Gasteiger partial charge >= 0.3 is 0 Å². The summed E-state index contributed by atoms with van der Waals surface area (Å²) in [4.78, 5) is 0. The lowest BCUT2D eigenvalue weighted by molar-refractivity contribution is 0.228. The SMILES string of the molecule is CCC[C@H]1CCN(N)[C@@H]1c1cccc(OC)c1. The first-order valence-corrected chi connectivity index (χ1v) is 6.41. The maximum absolute atomic E-state index is 6.12. The molecular weight excluding hydrogens is 212 g/mol. The summed E-state index contributed by atoms with van der Waals surface area (Å²) >= 11 is 0. The Bertz CT molecular complexity index is 365. The van der Waals surface area contributed by atoms with Crippen molar-refractivity contribution in [2.24, 2.45) is 11.8 Å². The van der Waals surface area contributed by atoms with Crippen LogP contribution in [0.15, 0.2) is 24.3 Å². The van der Waals surface area contributed by atoms with Crippen molar-refractivity contribution in [3.05, 3.63) is 29.8 Å². The zero-order valence-electron chi connectivity index (χ0n) is 10.7. The zero-order chi connectivity index (χ0) is 12.3. The summed E-state index contributed by atoms with van der Waals surface area (Å²) in [6, 6.07) is 8.64. The molecule has 0 unspecified atom stereocenters. The molecule has 2 atom stereocenters. The van der Waals surface area contributed by atoms with E-state index in [-0.39, 0.29) is 0 Å². The molecule has 17 heavy (non-hydrogen) atoms. The molecule has 1 aromatic carbocycles. The minimum absolute atomic E-state index is 0.352. The Hall–Kier alpha value is -1.06. The van der Waals surface area contributed by atoms with E-state index in [1.54, 1.807) is 7.11 Å². The zero-order valence-corrected chi connectivity index (χ0v) is 10.7. The van der Waals surface area contributed by atoms with Crippen LogP contribution in [0.4, 0.5) is 0 Å². The molecule has 1 aliphatic heterocycles. The standard InChI is InChI=1S/C14H22N2O/c1-3-5-11-8-9-16(15)14(11)12-6-4-7-13(10-12)17-2/h4,6-7,10-11,14H,3,5,8-9,15H2,1-2H3/t11-,14-/m0/s1. The van der Waals surface area contributed by atoms with Gasteiger partial charge < -0.3 is 4.74 Å². The molecule has 0 bridgehead atoms. The molecule has 1 saturated heterocycles. The van der Waals surface area contributed by atoms with E-state index in [0.717, 1.165) is 12.3 Å². The number of hydrazine groups is 1. The summed E-state index contributed by atoms with van der Waals surface area (Å²) in [5.74, 6) is 7.71. The molecule has 3 nitrogen and oxygen atoms in total. The van der Waals surface area contributed by atoms with E-state index in [1.807, 2.05) is 17.1 Å². The molecule has 1 aliphatic rings. The average Bonchev–Trinajstić information content (AvgIpc) is 2.71. The minimum atomic E-state index is 0.352. The number of nitrogens with two attached hydrogens (primary N) is 1. The molecule has 0 amide bonds. The van der Waals surface area contributed by atoms with Crippen molar-refractivity contribution in [1.82, 2.24) is 5.01 Å². The molecular formula is C14H22N2O. The predicted octanol–water partition coefficient (Wildman–Crippen LogP) is 2.73. The van der Waals surface area contributed by atoms with Gasteiger partial charge in [-0.15, -0.1) is 0 Å². The van der Waals surface area contributed by atoms with Gasteiger partial charge in [-0.1, -0.05) is 25.5 Å². The van der Waals surface area contributed by atoms with Crippen molar-refractivity contribution in [2.75, 3.05) is 13.7 Å². The van der Waals surface area contributed by atoms with Crippen LogP contribution in [0.2, 0.25) is 0 Å². The van der Waals surface area contributed by atoms with Gasteiger partial charge in [-0.05, 0) is 36.5 Å². The average molecular weight is 234 g/mol. The summed E-state index contributed by atoms with van der Waals surface area (Å²) in [7, 11) is 1.71. The van der Waals surface area contributed by atoms with Gasteiger partial charge in [0.1, 0.15) is 5.75 Å². The lowest BCUT2D eigenvalue weighted by Gasteiger charge is -2.25. The first-order valence-electron chi connectivity index (χ1n) is 6.41. The summed E-state index contributed by atoms with van der Waals surface area (Å²) in [6.07, 6.45) is 3.67. The van der Waals surface area contributed by atoms with E-state index >= 15 is 0 Å². The maximum Gasteiger partial charge on any atom is 0.119 e. The Kier molecular flexibility index (Phi) is 4.02. The first kappa shape index (κ1) is 12.4. The van der Waals surface area contributed by atoms with Crippen LogP contribution < -0.4 is 10.6 Å². The molecule has 1 heterocycles. The number of benzene rings is 1. The van der Waals surface area contributed by atoms with Crippen molar-refractivity contribution in [2.45, 2.75) is 32.2 Å². The van der Waals surface area contributed by atoms with Crippen LogP contribution in [0.3, 0.4) is 0 Å². The largest absolute Gasteiger partial charge is 0.497 e. The van der Waals surface area contributed by atoms with Crippen LogP contribution >= 0.6 is 0 Å². The quantitative estimate of drug-likeness (QED) is 0.814. The van der Waals surface area contributed by atoms with Gasteiger partial charge in [0.15, 0.2) is 0 Å². The van der Waals surface area contributed by atoms with Crippen LogP contribution in [0.5, 0.6) is 5.75 Å². The number of hydrogen-bond acceptors (Lipinski definition) is 3. The van der Waals surface area contributed by atoms with E-state index < -0.39 is 0 Å². The fourth-order valence-corrected chi connectivity index (χ4v) is 2.84. The maximum atomic E-state index is 6.12. The number of methoxy groups -OCH3 is 1. The fraction of sp³-hybridized carbons (Fsp3) is 0.571. The molecule has 2 N–H and O–H groups in total. The fourth-order valence-electron chi connectivity index (χ4n) is 2.84. The number of rotatable bonds is 4. The lowest BCUT2D eigenvalue weighted by Crippen LogP contribution is -2.32. The van der Waals surface area contributed by atoms with Crippen molar-refractivity contribution in [1.29, 1.82) is 0 Å². The third-order valence-corrected chi connectivity index (χ3v) is 3.66. The smallest absolute Gasteiger partial charge is 0.119 e. The second-order valence-corrected chi connectivity index (χ2v) is 4.80. The van der Waals surface area contributed by atoms with Gasteiger partial charge in [0.05, 0.1) is 13.2 Å². The Morgan fingerprint density at radius 1 is 1.47 bits per heavy atom. The van der Waals surface area contributed by atoms with Crippen LogP contribution in [0.25, 0.3) is 0 Å². The molecule has 1 aromatic rings. The normalized spacial score (nSPS) is 25.1. The number of hydrogen-bond donors (Lipinski definition) is 1. The molecule has 94 valence electrons. The van der Waals surface area contributed by atoms with Crippen LogP contribution in [-0.4, -0.2) is 18.7 Å². The Morgan fingerprint density at radius 2 is 2.29 bits per heavy atom. The number of nitrogens with zero attached hydrogens (tertiary/aromatic N) is 1. The summed E-state index contributed by atoms with van der Waals surface area (Å²) in [5, 5.41) is 1.98. The van der Waals surface area contributed by atoms with Gasteiger partial charge in [0.2, 0.25) is 0 Å². The van der Waals surface area contributed by atoms with E-state index in [2.05, 4.69) is 19.1 Å². The molecule has 2 rings (SSSR count). The first-order chi connectivity index (χ1) is 8.26. The molecule has 0 aliphatic carbocycles. The van der Waals surface area contributed by atoms with Gasteiger partial charge in [0.25, 0.3) is 0 Å². The highest BCUT2D eigenvalue weighted by atomic mass is 16.5.